The summed E-state index contributed by atoms with van der Waals surface area (Å²) < 4.78 is 0. The molecule has 0 spiro atoms. The Labute approximate surface area is 367 Å². The van der Waals surface area contributed by atoms with Crippen LogP contribution in [0, 0.1) is 0 Å². The maximum atomic E-state index is 11.1. The molecule has 306 valence electrons. The number of benzene rings is 8. The van der Waals surface area contributed by atoms with Gasteiger partial charge in [0, 0.05) is 9.79 Å². The molecule has 0 aromatic heterocycles. The molecule has 0 saturated carbocycles. The summed E-state index contributed by atoms with van der Waals surface area (Å²) in [6.45, 7) is 0. The van der Waals surface area contributed by atoms with E-state index < -0.39 is 26.5 Å². The van der Waals surface area contributed by atoms with Crippen LogP contribution in [0.2, 0.25) is 0 Å². The van der Waals surface area contributed by atoms with Gasteiger partial charge < -0.3 is 10.2 Å². The first-order chi connectivity index (χ1) is 29.9. The SMILES string of the molecule is O=C(O)c1ccccc1SSc1ccccc1C(=O)O.c1ccc([PH](CCC[PH](c2ccccc2)(c2ccccc2)c2ccccc2)(c2ccccc2)c2ccccc2)cc1. The molecule has 0 aliphatic carbocycles. The van der Waals surface area contributed by atoms with E-state index in [0.29, 0.717) is 9.79 Å². The first kappa shape index (κ1) is 43.4. The zero-order valence-electron chi connectivity index (χ0n) is 33.6. The Kier molecular flexibility index (Phi) is 15.0. The molecule has 0 heterocycles. The summed E-state index contributed by atoms with van der Waals surface area (Å²) in [4.78, 5) is 23.4. The van der Waals surface area contributed by atoms with E-state index in [2.05, 4.69) is 182 Å². The van der Waals surface area contributed by atoms with Crippen LogP contribution in [0.5, 0.6) is 0 Å². The Hall–Kier alpha value is -5.74. The van der Waals surface area contributed by atoms with Gasteiger partial charge in [-0.25, -0.2) is 9.59 Å². The van der Waals surface area contributed by atoms with Crippen LogP contribution in [0.4, 0.5) is 0 Å². The van der Waals surface area contributed by atoms with Gasteiger partial charge in [0.25, 0.3) is 0 Å². The van der Waals surface area contributed by atoms with Crippen LogP contribution in [-0.4, -0.2) is 34.5 Å². The van der Waals surface area contributed by atoms with Gasteiger partial charge in [0.15, 0.2) is 0 Å². The summed E-state index contributed by atoms with van der Waals surface area (Å²) in [5, 5.41) is 27.1. The van der Waals surface area contributed by atoms with Crippen molar-refractivity contribution in [3.63, 3.8) is 0 Å². The van der Waals surface area contributed by atoms with Crippen LogP contribution in [0.3, 0.4) is 0 Å². The normalized spacial score (nSPS) is 11.7. The predicted molar refractivity (Wildman–Crippen MR) is 266 cm³/mol. The van der Waals surface area contributed by atoms with Gasteiger partial charge in [0.2, 0.25) is 0 Å². The Bertz CT molecular complexity index is 2240. The Balaban J connectivity index is 0.000000236. The monoisotopic (exact) mass is 874 g/mol. The maximum absolute atomic E-state index is 11.1. The van der Waals surface area contributed by atoms with Gasteiger partial charge >= 0.3 is 259 Å². The van der Waals surface area contributed by atoms with Crippen LogP contribution in [-0.2, 0) is 0 Å². The molecule has 8 heteroatoms. The number of carboxylic acids is 2. The molecule has 2 N–H and O–H groups in total. The van der Waals surface area contributed by atoms with Crippen molar-refractivity contribution in [3.05, 3.63) is 242 Å². The quantitative estimate of drug-likeness (QED) is 0.0790. The van der Waals surface area contributed by atoms with Gasteiger partial charge in [-0.05, 0) is 24.3 Å². The van der Waals surface area contributed by atoms with Crippen LogP contribution in [0.1, 0.15) is 27.1 Å². The number of carboxylic acid groups (broad SMARTS) is 2. The van der Waals surface area contributed by atoms with Crippen molar-refractivity contribution >= 4 is 79.9 Å². The van der Waals surface area contributed by atoms with E-state index in [-0.39, 0.29) is 11.1 Å². The van der Waals surface area contributed by atoms with E-state index in [9.17, 15) is 9.59 Å². The van der Waals surface area contributed by atoms with Gasteiger partial charge in [-0.2, -0.15) is 0 Å². The molecule has 4 nitrogen and oxygen atoms in total. The summed E-state index contributed by atoms with van der Waals surface area (Å²) in [5.41, 5.74) is 0.413. The van der Waals surface area contributed by atoms with E-state index in [1.165, 1.54) is 65.5 Å². The number of carbonyl (C=O) groups is 2. The zero-order valence-corrected chi connectivity index (χ0v) is 37.2. The minimum atomic E-state index is -2.30. The number of aromatic carboxylic acids is 2. The Morgan fingerprint density at radius 2 is 0.541 bits per heavy atom. The van der Waals surface area contributed by atoms with E-state index in [1.54, 1.807) is 36.4 Å². The minimum absolute atomic E-state index is 0.206. The van der Waals surface area contributed by atoms with Crippen molar-refractivity contribution in [2.24, 2.45) is 0 Å². The summed E-state index contributed by atoms with van der Waals surface area (Å²) >= 11 is 0. The number of hydrogen-bond acceptors (Lipinski definition) is 4. The van der Waals surface area contributed by atoms with Crippen LogP contribution < -0.4 is 31.8 Å². The number of rotatable bonds is 15. The first-order valence-electron chi connectivity index (χ1n) is 20.3. The third-order valence-electron chi connectivity index (χ3n) is 11.2. The van der Waals surface area contributed by atoms with Gasteiger partial charge in [-0.15, -0.1) is 0 Å². The molecule has 0 atom stereocenters. The predicted octanol–water partition coefficient (Wildman–Crippen LogP) is 10.7. The van der Waals surface area contributed by atoms with Crippen molar-refractivity contribution in [1.29, 1.82) is 0 Å². The molecule has 0 aliphatic heterocycles. The van der Waals surface area contributed by atoms with Crippen molar-refractivity contribution in [2.75, 3.05) is 12.3 Å². The van der Waals surface area contributed by atoms with Crippen LogP contribution in [0.15, 0.2) is 240 Å². The molecule has 8 rings (SSSR count). The third-order valence-corrected chi connectivity index (χ3v) is 23.8. The molecule has 8 aromatic carbocycles. The Morgan fingerprint density at radius 3 is 0.770 bits per heavy atom. The van der Waals surface area contributed by atoms with Gasteiger partial charge in [-0.1, -0.05) is 45.9 Å². The van der Waals surface area contributed by atoms with E-state index in [0.717, 1.165) is 18.7 Å². The van der Waals surface area contributed by atoms with Gasteiger partial charge in [0.05, 0.1) is 11.1 Å². The fourth-order valence-electron chi connectivity index (χ4n) is 8.34. The molecule has 0 radical (unpaired) electrons. The van der Waals surface area contributed by atoms with Gasteiger partial charge in [-0.3, -0.25) is 0 Å². The average Bonchev–Trinajstić information content (AvgIpc) is 3.33. The third kappa shape index (κ3) is 10.1. The molecular weight excluding hydrogens is 827 g/mol. The van der Waals surface area contributed by atoms with E-state index >= 15 is 0 Å². The summed E-state index contributed by atoms with van der Waals surface area (Å²) in [6.07, 6.45) is 3.47. The second-order valence-electron chi connectivity index (χ2n) is 14.6. The molecule has 0 saturated heterocycles. The van der Waals surface area contributed by atoms with Crippen molar-refractivity contribution in [2.45, 2.75) is 16.2 Å². The standard InChI is InChI=1S/C39H38P2.C14H10O4S2/c1-7-20-34(21-8-1)40(35-22-9-2-10-23-35,36-24-11-3-12-25-36)32-19-33-41(37-26-13-4-14-27-37,38-28-15-5-16-29-38)39-30-17-6-18-31-39;15-13(16)9-5-1-3-7-11(9)19-20-12-8-4-2-6-10(12)14(17)18/h1-18,20-31,40-41H,19,32-33H2;1-8H,(H,15,16)(H,17,18). The molecule has 0 aliphatic rings. The summed E-state index contributed by atoms with van der Waals surface area (Å²) in [6, 6.07) is 81.3. The Morgan fingerprint density at radius 1 is 0.328 bits per heavy atom. The molecule has 61 heavy (non-hydrogen) atoms. The zero-order chi connectivity index (χ0) is 42.3. The second-order valence-corrected chi connectivity index (χ2v) is 24.9. The molecule has 0 bridgehead atoms. The summed E-state index contributed by atoms with van der Waals surface area (Å²) in [5.74, 6) is -2.00. The van der Waals surface area contributed by atoms with Crippen molar-refractivity contribution in [3.8, 4) is 0 Å². The topological polar surface area (TPSA) is 74.6 Å². The molecule has 0 fully saturated rings. The molecule has 0 amide bonds. The first-order valence-corrected chi connectivity index (χ1v) is 26.8. The van der Waals surface area contributed by atoms with Crippen LogP contribution in [0.25, 0.3) is 0 Å². The van der Waals surface area contributed by atoms with E-state index in [4.69, 9.17) is 10.2 Å². The fourth-order valence-corrected chi connectivity index (χ4v) is 20.8. The molecule has 8 aromatic rings. The van der Waals surface area contributed by atoms with Crippen molar-refractivity contribution < 1.29 is 19.8 Å². The van der Waals surface area contributed by atoms with Crippen molar-refractivity contribution in [1.82, 2.24) is 0 Å². The van der Waals surface area contributed by atoms with Crippen LogP contribution >= 0.6 is 36.1 Å². The van der Waals surface area contributed by atoms with E-state index in [1.807, 2.05) is 0 Å². The second kappa shape index (κ2) is 21.2. The summed E-state index contributed by atoms with van der Waals surface area (Å²) in [7, 11) is -2.14. The average molecular weight is 875 g/mol. The fraction of sp³-hybridized carbons (Fsp3) is 0.0566. The molecule has 0 unspecified atom stereocenters. The van der Waals surface area contributed by atoms with Gasteiger partial charge in [0.1, 0.15) is 0 Å². The number of hydrogen-bond donors (Lipinski definition) is 2. The molecular formula is C53H48O4P2S2.